The molecule has 1 heterocycles. The molecule has 1 aromatic rings. The van der Waals surface area contributed by atoms with Gasteiger partial charge in [-0.3, -0.25) is 4.79 Å². The van der Waals surface area contributed by atoms with E-state index in [-0.39, 0.29) is 5.91 Å². The SMILES string of the molecule is C#CN=C(CNC)SCSc1cc(C(=C)N2CCN(C(=O)C=C)CC2)c(OC)cc1C. The van der Waals surface area contributed by atoms with Crippen LogP contribution in [-0.4, -0.2) is 72.7 Å². The molecule has 1 aromatic carbocycles. The Labute approximate surface area is 194 Å². The molecule has 0 spiro atoms. The molecule has 1 saturated heterocycles. The molecule has 1 fully saturated rings. The number of hydrogen-bond donors (Lipinski definition) is 1. The van der Waals surface area contributed by atoms with Crippen LogP contribution in [0.2, 0.25) is 0 Å². The summed E-state index contributed by atoms with van der Waals surface area (Å²) in [5.74, 6) is 0.772. The van der Waals surface area contributed by atoms with Gasteiger partial charge in [-0.05, 0) is 37.7 Å². The number of hydrogen-bond acceptors (Lipinski definition) is 7. The summed E-state index contributed by atoms with van der Waals surface area (Å²) in [4.78, 5) is 21.1. The lowest BCUT2D eigenvalue weighted by Crippen LogP contribution is -2.47. The molecule has 166 valence electrons. The number of terminal acetylenes is 1. The van der Waals surface area contributed by atoms with Crippen LogP contribution in [0, 0.1) is 19.4 Å². The molecule has 0 aliphatic carbocycles. The normalized spacial score (nSPS) is 14.2. The molecule has 0 bridgehead atoms. The first-order chi connectivity index (χ1) is 14.9. The number of aryl methyl sites for hydroxylation is 1. The number of aliphatic imine (C=N–C) groups is 1. The number of methoxy groups -OCH3 is 1. The molecule has 31 heavy (non-hydrogen) atoms. The summed E-state index contributed by atoms with van der Waals surface area (Å²) < 4.78 is 5.65. The Morgan fingerprint density at radius 3 is 2.61 bits per heavy atom. The van der Waals surface area contributed by atoms with E-state index in [1.54, 1.807) is 30.6 Å². The van der Waals surface area contributed by atoms with Crippen LogP contribution in [0.4, 0.5) is 0 Å². The van der Waals surface area contributed by atoms with Crippen molar-refractivity contribution in [2.24, 2.45) is 4.99 Å². The summed E-state index contributed by atoms with van der Waals surface area (Å²) in [6.45, 7) is 13.4. The number of piperazine rings is 1. The van der Waals surface area contributed by atoms with Crippen molar-refractivity contribution < 1.29 is 9.53 Å². The zero-order valence-corrected chi connectivity index (χ0v) is 20.1. The molecule has 1 aliphatic heterocycles. The Morgan fingerprint density at radius 1 is 1.35 bits per heavy atom. The zero-order chi connectivity index (χ0) is 22.8. The number of nitrogens with one attached hydrogen (secondary N) is 1. The Kier molecular flexibility index (Phi) is 10.0. The molecule has 0 aromatic heterocycles. The second-order valence-corrected chi connectivity index (χ2v) is 9.28. The Bertz CT molecular complexity index is 884. The minimum atomic E-state index is -0.0274. The van der Waals surface area contributed by atoms with Gasteiger partial charge in [-0.1, -0.05) is 31.3 Å². The molecular weight excluding hydrogens is 428 g/mol. The predicted molar refractivity (Wildman–Crippen MR) is 134 cm³/mol. The molecular formula is C23H30N4O2S2. The summed E-state index contributed by atoms with van der Waals surface area (Å²) in [6, 6.07) is 6.54. The predicted octanol–water partition coefficient (Wildman–Crippen LogP) is 3.30. The van der Waals surface area contributed by atoms with Crippen molar-refractivity contribution in [3.05, 3.63) is 42.5 Å². The molecule has 0 unspecified atom stereocenters. The summed E-state index contributed by atoms with van der Waals surface area (Å²) in [7, 11) is 3.55. The number of carbonyl (C=O) groups excluding carboxylic acids is 1. The highest BCUT2D eigenvalue weighted by molar-refractivity contribution is 8.24. The fourth-order valence-electron chi connectivity index (χ4n) is 3.21. The highest BCUT2D eigenvalue weighted by Crippen LogP contribution is 2.36. The maximum absolute atomic E-state index is 11.8. The minimum Gasteiger partial charge on any atom is -0.496 e. The number of amides is 1. The molecule has 6 nitrogen and oxygen atoms in total. The second kappa shape index (κ2) is 12.5. The Morgan fingerprint density at radius 2 is 2.03 bits per heavy atom. The maximum Gasteiger partial charge on any atom is 0.246 e. The number of nitrogens with zero attached hydrogens (tertiary/aromatic N) is 3. The summed E-state index contributed by atoms with van der Waals surface area (Å²) in [5, 5.41) is 4.77. The van der Waals surface area contributed by atoms with Crippen LogP contribution in [0.1, 0.15) is 11.1 Å². The van der Waals surface area contributed by atoms with Crippen molar-refractivity contribution >= 4 is 40.2 Å². The number of ether oxygens (including phenoxy) is 1. The van der Waals surface area contributed by atoms with Gasteiger partial charge in [0.1, 0.15) is 5.75 Å². The number of rotatable bonds is 9. The molecule has 0 saturated carbocycles. The van der Waals surface area contributed by atoms with E-state index in [0.717, 1.165) is 50.7 Å². The van der Waals surface area contributed by atoms with Gasteiger partial charge in [0.2, 0.25) is 5.91 Å². The first-order valence-electron chi connectivity index (χ1n) is 9.91. The van der Waals surface area contributed by atoms with Gasteiger partial charge in [0.15, 0.2) is 0 Å². The third-order valence-electron chi connectivity index (χ3n) is 4.91. The van der Waals surface area contributed by atoms with E-state index in [0.29, 0.717) is 19.6 Å². The summed E-state index contributed by atoms with van der Waals surface area (Å²) in [6.07, 6.45) is 6.68. The molecule has 0 radical (unpaired) electrons. The smallest absolute Gasteiger partial charge is 0.246 e. The van der Waals surface area contributed by atoms with Crippen molar-refractivity contribution in [1.82, 2.24) is 15.1 Å². The Hall–Kier alpha value is -2.34. The highest BCUT2D eigenvalue weighted by Gasteiger charge is 2.23. The van der Waals surface area contributed by atoms with E-state index >= 15 is 0 Å². The van der Waals surface area contributed by atoms with Crippen LogP contribution in [0.5, 0.6) is 5.75 Å². The van der Waals surface area contributed by atoms with Gasteiger partial charge in [0.25, 0.3) is 0 Å². The van der Waals surface area contributed by atoms with E-state index < -0.39 is 0 Å². The lowest BCUT2D eigenvalue weighted by atomic mass is 10.1. The third-order valence-corrected chi connectivity index (χ3v) is 7.18. The lowest BCUT2D eigenvalue weighted by molar-refractivity contribution is -0.127. The van der Waals surface area contributed by atoms with E-state index in [1.165, 1.54) is 6.08 Å². The van der Waals surface area contributed by atoms with Gasteiger partial charge >= 0.3 is 0 Å². The number of carbonyl (C=O) groups is 1. The largest absolute Gasteiger partial charge is 0.496 e. The van der Waals surface area contributed by atoms with Crippen LogP contribution in [0.3, 0.4) is 0 Å². The zero-order valence-electron chi connectivity index (χ0n) is 18.4. The van der Waals surface area contributed by atoms with Gasteiger partial charge in [-0.2, -0.15) is 4.99 Å². The molecule has 1 aliphatic rings. The Balaban J connectivity index is 2.12. The van der Waals surface area contributed by atoms with E-state index in [4.69, 9.17) is 11.2 Å². The quantitative estimate of drug-likeness (QED) is 0.153. The van der Waals surface area contributed by atoms with Crippen LogP contribution >= 0.6 is 23.5 Å². The maximum atomic E-state index is 11.8. The average Bonchev–Trinajstić information content (AvgIpc) is 2.79. The first kappa shape index (κ1) is 24.9. The van der Waals surface area contributed by atoms with Crippen molar-refractivity contribution in [2.75, 3.05) is 52.0 Å². The molecule has 2 rings (SSSR count). The fourth-order valence-corrected chi connectivity index (χ4v) is 5.35. The van der Waals surface area contributed by atoms with Crippen LogP contribution in [-0.2, 0) is 4.79 Å². The highest BCUT2D eigenvalue weighted by atomic mass is 32.2. The van der Waals surface area contributed by atoms with E-state index in [9.17, 15) is 4.79 Å². The van der Waals surface area contributed by atoms with Crippen LogP contribution in [0.15, 0.2) is 41.3 Å². The van der Waals surface area contributed by atoms with Crippen molar-refractivity contribution in [2.45, 2.75) is 11.8 Å². The molecule has 1 amide bonds. The van der Waals surface area contributed by atoms with Gasteiger partial charge in [-0.15, -0.1) is 11.8 Å². The van der Waals surface area contributed by atoms with Crippen molar-refractivity contribution in [3.63, 3.8) is 0 Å². The van der Waals surface area contributed by atoms with E-state index in [1.807, 2.05) is 11.9 Å². The molecule has 1 N–H and O–H groups in total. The second-order valence-electron chi connectivity index (χ2n) is 6.85. The van der Waals surface area contributed by atoms with Crippen LogP contribution < -0.4 is 10.1 Å². The monoisotopic (exact) mass is 458 g/mol. The molecule has 8 heteroatoms. The van der Waals surface area contributed by atoms with Crippen molar-refractivity contribution in [3.8, 4) is 18.2 Å². The lowest BCUT2D eigenvalue weighted by Gasteiger charge is -2.37. The van der Waals surface area contributed by atoms with Gasteiger partial charge in [-0.25, -0.2) is 0 Å². The van der Waals surface area contributed by atoms with Crippen LogP contribution in [0.25, 0.3) is 5.70 Å². The van der Waals surface area contributed by atoms with E-state index in [2.05, 4.69) is 53.5 Å². The number of benzene rings is 1. The number of thioether (sulfide) groups is 2. The van der Waals surface area contributed by atoms with Gasteiger partial charge < -0.3 is 19.9 Å². The first-order valence-corrected chi connectivity index (χ1v) is 11.9. The molecule has 0 atom stereocenters. The third kappa shape index (κ3) is 6.82. The summed E-state index contributed by atoms with van der Waals surface area (Å²) in [5.41, 5.74) is 3.02. The topological polar surface area (TPSA) is 57.2 Å². The van der Waals surface area contributed by atoms with Gasteiger partial charge in [0.05, 0.1) is 12.2 Å². The average molecular weight is 459 g/mol. The minimum absolute atomic E-state index is 0.0274. The summed E-state index contributed by atoms with van der Waals surface area (Å²) >= 11 is 3.37. The fraction of sp³-hybridized carbons (Fsp3) is 0.391. The van der Waals surface area contributed by atoms with Gasteiger partial charge in [0, 0.05) is 60.0 Å². The van der Waals surface area contributed by atoms with Crippen molar-refractivity contribution in [1.29, 1.82) is 0 Å². The standard InChI is InChI=1S/C23H30N4O2S2/c1-7-23(28)27-11-9-26(10-12-27)18(4)19-14-21(17(3)13-20(19)29-6)30-16-31-22(15-24-5)25-8-2/h2,7,13-14,24H,1,4,9-12,15-16H2,3,5-6H3.